The molecule has 24 heavy (non-hydrogen) atoms. The van der Waals surface area contributed by atoms with E-state index in [9.17, 15) is 4.79 Å². The molecule has 1 aliphatic rings. The van der Waals surface area contributed by atoms with Gasteiger partial charge in [0.05, 0.1) is 16.2 Å². The van der Waals surface area contributed by atoms with Crippen LogP contribution in [-0.2, 0) is 0 Å². The van der Waals surface area contributed by atoms with E-state index in [2.05, 4.69) is 51.9 Å². The van der Waals surface area contributed by atoms with Crippen LogP contribution in [0, 0.1) is 0 Å². The number of fused-ring (bicyclic) bond motifs is 1. The molecular weight excluding hydrogens is 440 g/mol. The third kappa shape index (κ3) is 2.82. The van der Waals surface area contributed by atoms with E-state index in [1.165, 1.54) is 4.52 Å². The van der Waals surface area contributed by atoms with Crippen LogP contribution in [-0.4, -0.2) is 41.9 Å². The molecule has 0 bridgehead atoms. The zero-order valence-electron chi connectivity index (χ0n) is 12.4. The highest BCUT2D eigenvalue weighted by atomic mass is 79.9. The van der Waals surface area contributed by atoms with Gasteiger partial charge < -0.3 is 4.90 Å². The van der Waals surface area contributed by atoms with Gasteiger partial charge in [0.2, 0.25) is 5.82 Å². The second-order valence-electron chi connectivity index (χ2n) is 5.51. The summed E-state index contributed by atoms with van der Waals surface area (Å²) in [6.45, 7) is 0.675. The highest BCUT2D eigenvalue weighted by molar-refractivity contribution is 9.10. The lowest BCUT2D eigenvalue weighted by molar-refractivity contribution is 0.0720. The number of carbonyl (C=O) groups is 1. The molecular formula is C15H12Br2N6O. The van der Waals surface area contributed by atoms with Crippen molar-refractivity contribution in [3.8, 4) is 0 Å². The lowest BCUT2D eigenvalue weighted by atomic mass is 10.1. The van der Waals surface area contributed by atoms with E-state index in [1.54, 1.807) is 23.5 Å². The Balaban J connectivity index is 1.65. The van der Waals surface area contributed by atoms with Crippen molar-refractivity contribution in [1.82, 2.24) is 29.5 Å². The summed E-state index contributed by atoms with van der Waals surface area (Å²) in [5.74, 6) is 0.368. The molecule has 4 rings (SSSR count). The Bertz CT molecular complexity index is 910. The fourth-order valence-electron chi connectivity index (χ4n) is 2.88. The van der Waals surface area contributed by atoms with Crippen LogP contribution >= 0.6 is 31.9 Å². The fourth-order valence-corrected chi connectivity index (χ4v) is 3.41. The second kappa shape index (κ2) is 6.21. The minimum Gasteiger partial charge on any atom is -0.327 e. The number of rotatable bonds is 2. The zero-order valence-corrected chi connectivity index (χ0v) is 15.6. The van der Waals surface area contributed by atoms with Crippen LogP contribution in [0.4, 0.5) is 0 Å². The molecule has 0 saturated carbocycles. The molecule has 0 spiro atoms. The highest BCUT2D eigenvalue weighted by Crippen LogP contribution is 2.32. The summed E-state index contributed by atoms with van der Waals surface area (Å²) in [5.41, 5.74) is 0.883. The summed E-state index contributed by atoms with van der Waals surface area (Å²) >= 11 is 6.72. The van der Waals surface area contributed by atoms with Crippen LogP contribution in [0.2, 0.25) is 0 Å². The number of halogens is 2. The molecule has 122 valence electrons. The normalized spacial score (nSPS) is 17.6. The number of carbonyl (C=O) groups excluding carboxylic acids is 1. The van der Waals surface area contributed by atoms with Gasteiger partial charge in [0.1, 0.15) is 0 Å². The first-order chi connectivity index (χ1) is 11.6. The monoisotopic (exact) mass is 450 g/mol. The lowest BCUT2D eigenvalue weighted by Gasteiger charge is -2.22. The molecule has 0 aliphatic carbocycles. The van der Waals surface area contributed by atoms with Crippen LogP contribution in [0.15, 0.2) is 39.7 Å². The second-order valence-corrected chi connectivity index (χ2v) is 7.34. The molecule has 3 aromatic heterocycles. The van der Waals surface area contributed by atoms with Crippen molar-refractivity contribution in [2.45, 2.75) is 18.9 Å². The maximum Gasteiger partial charge on any atom is 0.294 e. The Labute approximate surface area is 154 Å². The number of pyridine rings is 1. The smallest absolute Gasteiger partial charge is 0.294 e. The first kappa shape index (κ1) is 15.6. The van der Waals surface area contributed by atoms with Gasteiger partial charge in [0.25, 0.3) is 11.7 Å². The van der Waals surface area contributed by atoms with E-state index >= 15 is 0 Å². The fraction of sp³-hybridized carbons (Fsp3) is 0.267. The zero-order chi connectivity index (χ0) is 16.7. The largest absolute Gasteiger partial charge is 0.327 e. The van der Waals surface area contributed by atoms with E-state index < -0.39 is 0 Å². The molecule has 1 saturated heterocycles. The van der Waals surface area contributed by atoms with Crippen molar-refractivity contribution >= 4 is 43.5 Å². The summed E-state index contributed by atoms with van der Waals surface area (Å²) in [7, 11) is 0. The average molecular weight is 452 g/mol. The first-order valence-corrected chi connectivity index (χ1v) is 9.01. The van der Waals surface area contributed by atoms with Crippen molar-refractivity contribution in [3.05, 3.63) is 51.2 Å². The molecule has 1 amide bonds. The van der Waals surface area contributed by atoms with Crippen molar-refractivity contribution in [2.75, 3.05) is 6.54 Å². The maximum absolute atomic E-state index is 12.9. The van der Waals surface area contributed by atoms with Gasteiger partial charge in [-0.1, -0.05) is 0 Å². The minimum atomic E-state index is -0.191. The number of nitrogens with zero attached hydrogens (tertiary/aromatic N) is 6. The standard InChI is InChI=1S/C15H12Br2N6O/c16-9-3-4-11(18-6-9)12-2-1-5-22(12)14(24)13-20-15-19-7-10(17)8-23(15)21-13/h3-4,6-8,12H,1-2,5H2. The quantitative estimate of drug-likeness (QED) is 0.598. The first-order valence-electron chi connectivity index (χ1n) is 7.42. The third-order valence-electron chi connectivity index (χ3n) is 3.96. The minimum absolute atomic E-state index is 0.0445. The molecule has 1 atom stereocenters. The van der Waals surface area contributed by atoms with Gasteiger partial charge in [-0.15, -0.1) is 5.10 Å². The van der Waals surface area contributed by atoms with Gasteiger partial charge in [0.15, 0.2) is 0 Å². The van der Waals surface area contributed by atoms with Crippen LogP contribution in [0.3, 0.4) is 0 Å². The Morgan fingerprint density at radius 3 is 2.79 bits per heavy atom. The molecule has 1 unspecified atom stereocenters. The van der Waals surface area contributed by atoms with Gasteiger partial charge in [-0.2, -0.15) is 4.98 Å². The third-order valence-corrected chi connectivity index (χ3v) is 4.84. The number of hydrogen-bond acceptors (Lipinski definition) is 5. The molecule has 7 nitrogen and oxygen atoms in total. The highest BCUT2D eigenvalue weighted by Gasteiger charge is 2.33. The Hall–Kier alpha value is -1.87. The van der Waals surface area contributed by atoms with E-state index in [1.807, 2.05) is 12.1 Å². The number of hydrogen-bond donors (Lipinski definition) is 0. The molecule has 0 radical (unpaired) electrons. The van der Waals surface area contributed by atoms with E-state index in [0.717, 1.165) is 27.5 Å². The molecule has 3 aromatic rings. The SMILES string of the molecule is O=C(c1nc2ncc(Br)cn2n1)N1CCCC1c1ccc(Br)cn1. The van der Waals surface area contributed by atoms with Crippen LogP contribution in [0.5, 0.6) is 0 Å². The summed E-state index contributed by atoms with van der Waals surface area (Å²) in [4.78, 5) is 27.5. The molecule has 1 fully saturated rings. The van der Waals surface area contributed by atoms with E-state index in [-0.39, 0.29) is 17.8 Å². The van der Waals surface area contributed by atoms with Gasteiger partial charge in [-0.05, 0) is 56.8 Å². The summed E-state index contributed by atoms with van der Waals surface area (Å²) < 4.78 is 3.19. The summed E-state index contributed by atoms with van der Waals surface area (Å²) in [6, 6.07) is 3.83. The predicted molar refractivity (Wildman–Crippen MR) is 93.4 cm³/mol. The van der Waals surface area contributed by atoms with E-state index in [4.69, 9.17) is 0 Å². The van der Waals surface area contributed by atoms with Crippen LogP contribution in [0.25, 0.3) is 5.78 Å². The Kier molecular flexibility index (Phi) is 4.05. The lowest BCUT2D eigenvalue weighted by Crippen LogP contribution is -2.31. The topological polar surface area (TPSA) is 76.3 Å². The van der Waals surface area contributed by atoms with Crippen molar-refractivity contribution in [1.29, 1.82) is 0 Å². The van der Waals surface area contributed by atoms with E-state index in [0.29, 0.717) is 12.3 Å². The maximum atomic E-state index is 12.9. The Morgan fingerprint density at radius 1 is 1.17 bits per heavy atom. The Morgan fingerprint density at radius 2 is 2.00 bits per heavy atom. The van der Waals surface area contributed by atoms with Crippen LogP contribution < -0.4 is 0 Å². The number of aromatic nitrogens is 5. The van der Waals surface area contributed by atoms with Crippen molar-refractivity contribution < 1.29 is 4.79 Å². The molecule has 9 heteroatoms. The molecule has 4 heterocycles. The molecule has 0 N–H and O–H groups in total. The van der Waals surface area contributed by atoms with Gasteiger partial charge in [-0.3, -0.25) is 9.78 Å². The van der Waals surface area contributed by atoms with Crippen molar-refractivity contribution in [2.24, 2.45) is 0 Å². The summed E-state index contributed by atoms with van der Waals surface area (Å²) in [5, 5.41) is 4.25. The van der Waals surface area contributed by atoms with Gasteiger partial charge in [-0.25, -0.2) is 9.50 Å². The summed E-state index contributed by atoms with van der Waals surface area (Å²) in [6.07, 6.45) is 6.93. The van der Waals surface area contributed by atoms with Crippen molar-refractivity contribution in [3.63, 3.8) is 0 Å². The molecule has 1 aliphatic heterocycles. The van der Waals surface area contributed by atoms with Gasteiger partial charge in [0, 0.05) is 29.6 Å². The number of amides is 1. The number of likely N-dealkylation sites (tertiary alicyclic amines) is 1. The van der Waals surface area contributed by atoms with Crippen LogP contribution in [0.1, 0.15) is 35.2 Å². The molecule has 0 aromatic carbocycles. The average Bonchev–Trinajstić information content (AvgIpc) is 3.21. The predicted octanol–water partition coefficient (Wildman–Crippen LogP) is 3.02. The van der Waals surface area contributed by atoms with Gasteiger partial charge >= 0.3 is 0 Å².